The highest BCUT2D eigenvalue weighted by atomic mass is 35.5. The van der Waals surface area contributed by atoms with Crippen LogP contribution in [0.3, 0.4) is 0 Å². The summed E-state index contributed by atoms with van der Waals surface area (Å²) in [5.74, 6) is -0.458. The first-order valence-corrected chi connectivity index (χ1v) is 4.59. The van der Waals surface area contributed by atoms with Gasteiger partial charge in [-0.3, -0.25) is 0 Å². The molecular weight excluding hydrogens is 218 g/mol. The number of aromatic nitrogens is 1. The van der Waals surface area contributed by atoms with Crippen molar-refractivity contribution in [1.82, 2.24) is 4.98 Å². The van der Waals surface area contributed by atoms with Crippen LogP contribution in [0.5, 0.6) is 5.75 Å². The van der Waals surface area contributed by atoms with Gasteiger partial charge in [-0.25, -0.2) is 4.79 Å². The molecule has 0 saturated heterocycles. The number of aromatic amines is 1. The summed E-state index contributed by atoms with van der Waals surface area (Å²) in [7, 11) is 1.50. The summed E-state index contributed by atoms with van der Waals surface area (Å²) >= 11 is 5.95. The van der Waals surface area contributed by atoms with Gasteiger partial charge in [0.2, 0.25) is 0 Å². The monoisotopic (exact) mass is 225 g/mol. The molecule has 0 bridgehead atoms. The molecule has 0 aliphatic carbocycles. The van der Waals surface area contributed by atoms with Gasteiger partial charge in [-0.2, -0.15) is 0 Å². The van der Waals surface area contributed by atoms with Crippen LogP contribution in [-0.2, 0) is 0 Å². The predicted octanol–water partition coefficient (Wildman–Crippen LogP) is 2.53. The normalized spacial score (nSPS) is 10.5. The first-order chi connectivity index (χ1) is 7.13. The number of ether oxygens (including phenoxy) is 1. The standard InChI is InChI=1S/C10H8ClNO3/c1-15-5-2-6-7(10(13)14)4-12-9(6)8(11)3-5/h2-4,12H,1H3,(H,13,14). The number of rotatable bonds is 2. The first-order valence-electron chi connectivity index (χ1n) is 4.21. The van der Waals surface area contributed by atoms with E-state index in [9.17, 15) is 4.79 Å². The fraction of sp³-hybridized carbons (Fsp3) is 0.100. The second-order valence-electron chi connectivity index (χ2n) is 3.04. The number of carboxylic acid groups (broad SMARTS) is 1. The Balaban J connectivity index is 2.78. The number of carboxylic acids is 1. The number of carbonyl (C=O) groups is 1. The molecule has 4 nitrogen and oxygen atoms in total. The molecular formula is C10H8ClNO3. The number of fused-ring (bicyclic) bond motifs is 1. The topological polar surface area (TPSA) is 62.3 Å². The van der Waals surface area contributed by atoms with Gasteiger partial charge in [-0.1, -0.05) is 11.6 Å². The van der Waals surface area contributed by atoms with Crippen molar-refractivity contribution in [3.05, 3.63) is 28.9 Å². The van der Waals surface area contributed by atoms with Crippen molar-refractivity contribution in [1.29, 1.82) is 0 Å². The van der Waals surface area contributed by atoms with E-state index in [1.807, 2.05) is 0 Å². The summed E-state index contributed by atoms with van der Waals surface area (Å²) in [4.78, 5) is 13.7. The lowest BCUT2D eigenvalue weighted by atomic mass is 10.1. The summed E-state index contributed by atoms with van der Waals surface area (Å²) in [5, 5.41) is 9.91. The van der Waals surface area contributed by atoms with Gasteiger partial charge in [0.05, 0.1) is 23.2 Å². The van der Waals surface area contributed by atoms with Gasteiger partial charge in [0.15, 0.2) is 0 Å². The van der Waals surface area contributed by atoms with E-state index in [4.69, 9.17) is 21.4 Å². The molecule has 1 aromatic heterocycles. The minimum absolute atomic E-state index is 0.186. The maximum absolute atomic E-state index is 10.9. The zero-order chi connectivity index (χ0) is 11.0. The third kappa shape index (κ3) is 1.53. The molecule has 2 N–H and O–H groups in total. The number of aromatic carboxylic acids is 1. The van der Waals surface area contributed by atoms with Crippen LogP contribution < -0.4 is 4.74 Å². The Morgan fingerprint density at radius 1 is 1.53 bits per heavy atom. The van der Waals surface area contributed by atoms with E-state index in [-0.39, 0.29) is 5.56 Å². The van der Waals surface area contributed by atoms with Crippen molar-refractivity contribution in [3.63, 3.8) is 0 Å². The van der Waals surface area contributed by atoms with Crippen molar-refractivity contribution < 1.29 is 14.6 Å². The van der Waals surface area contributed by atoms with Crippen LogP contribution in [0.1, 0.15) is 10.4 Å². The summed E-state index contributed by atoms with van der Waals surface area (Å²) < 4.78 is 5.02. The zero-order valence-electron chi connectivity index (χ0n) is 7.87. The summed E-state index contributed by atoms with van der Waals surface area (Å²) in [6, 6.07) is 3.27. The average molecular weight is 226 g/mol. The van der Waals surface area contributed by atoms with Crippen LogP contribution in [0.4, 0.5) is 0 Å². The molecule has 0 aliphatic heterocycles. The van der Waals surface area contributed by atoms with Crippen LogP contribution >= 0.6 is 11.6 Å². The molecule has 0 unspecified atom stereocenters. The number of hydrogen-bond donors (Lipinski definition) is 2. The van der Waals surface area contributed by atoms with E-state index >= 15 is 0 Å². The highest BCUT2D eigenvalue weighted by molar-refractivity contribution is 6.35. The Kier molecular flexibility index (Phi) is 2.28. The van der Waals surface area contributed by atoms with Crippen molar-refractivity contribution in [3.8, 4) is 5.75 Å². The molecule has 5 heteroatoms. The van der Waals surface area contributed by atoms with Crippen molar-refractivity contribution in [2.24, 2.45) is 0 Å². The van der Waals surface area contributed by atoms with Gasteiger partial charge in [0.1, 0.15) is 5.75 Å². The molecule has 15 heavy (non-hydrogen) atoms. The molecule has 1 heterocycles. The second-order valence-corrected chi connectivity index (χ2v) is 3.45. The molecule has 0 spiro atoms. The van der Waals surface area contributed by atoms with Gasteiger partial charge >= 0.3 is 5.97 Å². The van der Waals surface area contributed by atoms with Gasteiger partial charge in [-0.15, -0.1) is 0 Å². The lowest BCUT2D eigenvalue weighted by Gasteiger charge is -2.01. The number of nitrogens with one attached hydrogen (secondary N) is 1. The quantitative estimate of drug-likeness (QED) is 0.826. The molecule has 0 atom stereocenters. The van der Waals surface area contributed by atoms with E-state index in [0.717, 1.165) is 0 Å². The minimum Gasteiger partial charge on any atom is -0.497 e. The van der Waals surface area contributed by atoms with E-state index in [0.29, 0.717) is 21.7 Å². The van der Waals surface area contributed by atoms with Gasteiger partial charge in [-0.05, 0) is 6.07 Å². The molecule has 0 amide bonds. The number of halogens is 1. The molecule has 2 aromatic rings. The molecule has 2 rings (SSSR count). The predicted molar refractivity (Wildman–Crippen MR) is 56.8 cm³/mol. The number of methoxy groups -OCH3 is 1. The Bertz CT molecular complexity index is 533. The van der Waals surface area contributed by atoms with Crippen LogP contribution in [0.2, 0.25) is 5.02 Å². The van der Waals surface area contributed by atoms with Crippen LogP contribution in [-0.4, -0.2) is 23.2 Å². The number of benzene rings is 1. The van der Waals surface area contributed by atoms with E-state index in [1.54, 1.807) is 12.1 Å². The van der Waals surface area contributed by atoms with Crippen LogP contribution in [0.15, 0.2) is 18.3 Å². The number of H-pyrrole nitrogens is 1. The maximum Gasteiger partial charge on any atom is 0.337 e. The molecule has 78 valence electrons. The van der Waals surface area contributed by atoms with Crippen molar-refractivity contribution in [2.75, 3.05) is 7.11 Å². The largest absolute Gasteiger partial charge is 0.497 e. The first kappa shape index (κ1) is 9.86. The Morgan fingerprint density at radius 3 is 2.87 bits per heavy atom. The lowest BCUT2D eigenvalue weighted by Crippen LogP contribution is -1.93. The zero-order valence-corrected chi connectivity index (χ0v) is 8.63. The minimum atomic E-state index is -0.995. The fourth-order valence-electron chi connectivity index (χ4n) is 1.46. The highest BCUT2D eigenvalue weighted by Crippen LogP contribution is 2.30. The summed E-state index contributed by atoms with van der Waals surface area (Å²) in [5.41, 5.74) is 0.792. The van der Waals surface area contributed by atoms with Crippen LogP contribution in [0.25, 0.3) is 10.9 Å². The smallest absolute Gasteiger partial charge is 0.337 e. The van der Waals surface area contributed by atoms with Crippen molar-refractivity contribution >= 4 is 28.5 Å². The van der Waals surface area contributed by atoms with E-state index in [1.165, 1.54) is 13.3 Å². The van der Waals surface area contributed by atoms with E-state index in [2.05, 4.69) is 4.98 Å². The van der Waals surface area contributed by atoms with Crippen molar-refractivity contribution in [2.45, 2.75) is 0 Å². The Hall–Kier alpha value is -1.68. The lowest BCUT2D eigenvalue weighted by molar-refractivity contribution is 0.0699. The van der Waals surface area contributed by atoms with Gasteiger partial charge in [0.25, 0.3) is 0 Å². The van der Waals surface area contributed by atoms with E-state index < -0.39 is 5.97 Å². The summed E-state index contributed by atoms with van der Waals surface area (Å²) in [6.07, 6.45) is 1.42. The third-order valence-electron chi connectivity index (χ3n) is 2.18. The molecule has 0 fully saturated rings. The molecule has 0 radical (unpaired) electrons. The average Bonchev–Trinajstić information content (AvgIpc) is 2.61. The SMILES string of the molecule is COc1cc(Cl)c2[nH]cc(C(=O)O)c2c1. The molecule has 0 saturated carbocycles. The maximum atomic E-state index is 10.9. The van der Waals surface area contributed by atoms with Crippen LogP contribution in [0, 0.1) is 0 Å². The highest BCUT2D eigenvalue weighted by Gasteiger charge is 2.13. The second kappa shape index (κ2) is 3.47. The van der Waals surface area contributed by atoms with Gasteiger partial charge in [0, 0.05) is 17.6 Å². The fourth-order valence-corrected chi connectivity index (χ4v) is 1.72. The molecule has 1 aromatic carbocycles. The molecule has 0 aliphatic rings. The number of hydrogen-bond acceptors (Lipinski definition) is 2. The Labute approximate surface area is 90.4 Å². The summed E-state index contributed by atoms with van der Waals surface area (Å²) in [6.45, 7) is 0. The Morgan fingerprint density at radius 2 is 2.27 bits per heavy atom. The third-order valence-corrected chi connectivity index (χ3v) is 2.48. The van der Waals surface area contributed by atoms with Gasteiger partial charge < -0.3 is 14.8 Å².